The molecular formula is C21H21N5OS. The Morgan fingerprint density at radius 3 is 2.39 bits per heavy atom. The number of nitrogens with zero attached hydrogens (tertiary/aromatic N) is 4. The Morgan fingerprint density at radius 1 is 1.04 bits per heavy atom. The average Bonchev–Trinajstić information content (AvgIpc) is 3.31. The number of benzene rings is 1. The van der Waals surface area contributed by atoms with Gasteiger partial charge >= 0.3 is 0 Å². The van der Waals surface area contributed by atoms with Gasteiger partial charge in [0.2, 0.25) is 0 Å². The van der Waals surface area contributed by atoms with E-state index in [1.807, 2.05) is 47.9 Å². The molecule has 6 nitrogen and oxygen atoms in total. The second-order valence-electron chi connectivity index (χ2n) is 6.78. The number of aromatic nitrogens is 3. The first-order valence-corrected chi connectivity index (χ1v) is 9.85. The average molecular weight is 392 g/mol. The topological polar surface area (TPSA) is 63.7 Å². The fourth-order valence-electron chi connectivity index (χ4n) is 3.33. The zero-order chi connectivity index (χ0) is 19.8. The summed E-state index contributed by atoms with van der Waals surface area (Å²) >= 11 is 1.59. The Kier molecular flexibility index (Phi) is 4.60. The van der Waals surface area contributed by atoms with Crippen LogP contribution in [-0.2, 0) is 0 Å². The molecule has 0 aliphatic heterocycles. The third-order valence-electron chi connectivity index (χ3n) is 4.77. The van der Waals surface area contributed by atoms with Crippen molar-refractivity contribution in [3.05, 3.63) is 75.8 Å². The third-order valence-corrected chi connectivity index (χ3v) is 5.71. The van der Waals surface area contributed by atoms with Crippen LogP contribution in [0.25, 0.3) is 10.6 Å². The van der Waals surface area contributed by atoms with E-state index < -0.39 is 0 Å². The molecule has 0 atom stereocenters. The van der Waals surface area contributed by atoms with Gasteiger partial charge in [0, 0.05) is 33.7 Å². The molecule has 3 heterocycles. The SMILES string of the molecule is Cc1nc2scc(C)n2c1/C=N/NC(=O)c1ccc(-n2c(C)ccc2C)cc1. The minimum absolute atomic E-state index is 0.246. The smallest absolute Gasteiger partial charge is 0.271 e. The maximum atomic E-state index is 12.4. The molecule has 7 heteroatoms. The summed E-state index contributed by atoms with van der Waals surface area (Å²) < 4.78 is 4.18. The first-order chi connectivity index (χ1) is 13.5. The standard InChI is InChI=1S/C21H21N5OS/c1-13-5-6-14(2)25(13)18-9-7-17(8-10-18)20(27)24-22-11-19-16(4)23-21-26(19)15(3)12-28-21/h5-12H,1-4H3,(H,24,27)/b22-11+. The summed E-state index contributed by atoms with van der Waals surface area (Å²) in [7, 11) is 0. The molecule has 0 spiro atoms. The van der Waals surface area contributed by atoms with E-state index in [1.54, 1.807) is 17.6 Å². The second-order valence-corrected chi connectivity index (χ2v) is 7.61. The number of thiazole rings is 1. The van der Waals surface area contributed by atoms with E-state index in [1.165, 1.54) is 0 Å². The zero-order valence-corrected chi connectivity index (χ0v) is 17.0. The van der Waals surface area contributed by atoms with Crippen molar-refractivity contribution in [2.24, 2.45) is 5.10 Å². The number of hydrogen-bond donors (Lipinski definition) is 1. The van der Waals surface area contributed by atoms with Gasteiger partial charge in [-0.2, -0.15) is 5.10 Å². The summed E-state index contributed by atoms with van der Waals surface area (Å²) in [5, 5.41) is 6.19. The van der Waals surface area contributed by atoms with Gasteiger partial charge in [0.15, 0.2) is 4.96 Å². The summed E-state index contributed by atoms with van der Waals surface area (Å²) in [6.45, 7) is 8.09. The van der Waals surface area contributed by atoms with Gasteiger partial charge in [0.05, 0.1) is 17.6 Å². The molecule has 1 amide bonds. The van der Waals surface area contributed by atoms with Crippen LogP contribution in [0.15, 0.2) is 46.9 Å². The van der Waals surface area contributed by atoms with E-state index in [4.69, 9.17) is 0 Å². The molecule has 0 radical (unpaired) electrons. The van der Waals surface area contributed by atoms with Gasteiger partial charge < -0.3 is 4.57 Å². The van der Waals surface area contributed by atoms with Crippen LogP contribution in [0.3, 0.4) is 0 Å². The van der Waals surface area contributed by atoms with Gasteiger partial charge in [-0.15, -0.1) is 11.3 Å². The predicted octanol–water partition coefficient (Wildman–Crippen LogP) is 4.18. The van der Waals surface area contributed by atoms with E-state index in [0.717, 1.165) is 39.1 Å². The molecule has 0 aliphatic rings. The van der Waals surface area contributed by atoms with Gasteiger partial charge in [-0.3, -0.25) is 9.20 Å². The molecule has 1 N–H and O–H groups in total. The molecule has 3 aromatic heterocycles. The molecular weight excluding hydrogens is 370 g/mol. The number of carbonyl (C=O) groups excluding carboxylic acids is 1. The van der Waals surface area contributed by atoms with Crippen molar-refractivity contribution in [3.63, 3.8) is 0 Å². The Labute approximate surface area is 167 Å². The lowest BCUT2D eigenvalue weighted by molar-refractivity contribution is 0.0955. The lowest BCUT2D eigenvalue weighted by Gasteiger charge is -2.10. The molecule has 1 aromatic carbocycles. The van der Waals surface area contributed by atoms with Crippen LogP contribution >= 0.6 is 11.3 Å². The van der Waals surface area contributed by atoms with Crippen molar-refractivity contribution >= 4 is 28.4 Å². The van der Waals surface area contributed by atoms with E-state index in [9.17, 15) is 4.79 Å². The highest BCUT2D eigenvalue weighted by atomic mass is 32.1. The Hall–Kier alpha value is -3.19. The number of carbonyl (C=O) groups is 1. The summed E-state index contributed by atoms with van der Waals surface area (Å²) in [5.41, 5.74) is 9.37. The largest absolute Gasteiger partial charge is 0.319 e. The maximum absolute atomic E-state index is 12.4. The minimum atomic E-state index is -0.246. The van der Waals surface area contributed by atoms with Gasteiger partial charge in [0.25, 0.3) is 5.91 Å². The molecule has 142 valence electrons. The Balaban J connectivity index is 1.50. The van der Waals surface area contributed by atoms with Gasteiger partial charge in [0.1, 0.15) is 0 Å². The summed E-state index contributed by atoms with van der Waals surface area (Å²) in [6, 6.07) is 11.7. The second kappa shape index (κ2) is 7.09. The van der Waals surface area contributed by atoms with Crippen LogP contribution in [0.1, 0.15) is 38.8 Å². The van der Waals surface area contributed by atoms with Crippen LogP contribution < -0.4 is 5.43 Å². The first kappa shape index (κ1) is 18.2. The van der Waals surface area contributed by atoms with Crippen LogP contribution in [-0.4, -0.2) is 26.1 Å². The van der Waals surface area contributed by atoms with Crippen molar-refractivity contribution in [1.29, 1.82) is 0 Å². The van der Waals surface area contributed by atoms with Gasteiger partial charge in [-0.25, -0.2) is 10.4 Å². The van der Waals surface area contributed by atoms with E-state index in [-0.39, 0.29) is 5.91 Å². The molecule has 4 rings (SSSR count). The highest BCUT2D eigenvalue weighted by Gasteiger charge is 2.11. The molecule has 0 saturated carbocycles. The molecule has 28 heavy (non-hydrogen) atoms. The third kappa shape index (κ3) is 3.14. The minimum Gasteiger partial charge on any atom is -0.319 e. The van der Waals surface area contributed by atoms with Crippen molar-refractivity contribution < 1.29 is 4.79 Å². The molecule has 4 aromatic rings. The van der Waals surface area contributed by atoms with Gasteiger partial charge in [-0.1, -0.05) is 0 Å². The summed E-state index contributed by atoms with van der Waals surface area (Å²) in [6.07, 6.45) is 1.65. The van der Waals surface area contributed by atoms with Crippen LogP contribution in [0.2, 0.25) is 0 Å². The fourth-order valence-corrected chi connectivity index (χ4v) is 4.25. The maximum Gasteiger partial charge on any atom is 0.271 e. The summed E-state index contributed by atoms with van der Waals surface area (Å²) in [5.74, 6) is -0.246. The van der Waals surface area contributed by atoms with E-state index in [0.29, 0.717) is 5.56 Å². The van der Waals surface area contributed by atoms with Crippen molar-refractivity contribution in [1.82, 2.24) is 19.4 Å². The fraction of sp³-hybridized carbons (Fsp3) is 0.190. The van der Waals surface area contributed by atoms with E-state index in [2.05, 4.69) is 46.1 Å². The number of fused-ring (bicyclic) bond motifs is 1. The number of imidazole rings is 1. The van der Waals surface area contributed by atoms with Crippen molar-refractivity contribution in [2.75, 3.05) is 0 Å². The zero-order valence-electron chi connectivity index (χ0n) is 16.2. The first-order valence-electron chi connectivity index (χ1n) is 8.97. The van der Waals surface area contributed by atoms with Crippen LogP contribution in [0, 0.1) is 27.7 Å². The highest BCUT2D eigenvalue weighted by molar-refractivity contribution is 7.15. The number of aryl methyl sites for hydroxylation is 4. The summed E-state index contributed by atoms with van der Waals surface area (Å²) in [4.78, 5) is 17.9. The lowest BCUT2D eigenvalue weighted by atomic mass is 10.2. The van der Waals surface area contributed by atoms with Crippen molar-refractivity contribution in [2.45, 2.75) is 27.7 Å². The Morgan fingerprint density at radius 2 is 1.71 bits per heavy atom. The molecule has 0 fully saturated rings. The molecule has 0 saturated heterocycles. The molecule has 0 unspecified atom stereocenters. The quantitative estimate of drug-likeness (QED) is 0.419. The normalized spacial score (nSPS) is 11.6. The lowest BCUT2D eigenvalue weighted by Crippen LogP contribution is -2.18. The van der Waals surface area contributed by atoms with Gasteiger partial charge in [-0.05, 0) is 64.1 Å². The van der Waals surface area contributed by atoms with Crippen LogP contribution in [0.5, 0.6) is 0 Å². The number of amides is 1. The Bertz CT molecular complexity index is 1170. The number of hydrazone groups is 1. The highest BCUT2D eigenvalue weighted by Crippen LogP contribution is 2.19. The molecule has 0 aliphatic carbocycles. The number of nitrogens with one attached hydrogen (secondary N) is 1. The monoisotopic (exact) mass is 391 g/mol. The van der Waals surface area contributed by atoms with Crippen LogP contribution in [0.4, 0.5) is 0 Å². The van der Waals surface area contributed by atoms with Crippen molar-refractivity contribution in [3.8, 4) is 5.69 Å². The number of hydrogen-bond acceptors (Lipinski definition) is 4. The molecule has 0 bridgehead atoms. The van der Waals surface area contributed by atoms with E-state index >= 15 is 0 Å². The predicted molar refractivity (Wildman–Crippen MR) is 113 cm³/mol. The number of rotatable bonds is 4.